The molecule has 9 nitrogen and oxygen atoms in total. The van der Waals surface area contributed by atoms with Crippen molar-refractivity contribution >= 4 is 28.3 Å². The Hall–Kier alpha value is -3.88. The van der Waals surface area contributed by atoms with E-state index in [1.807, 2.05) is 0 Å². The number of hydrogen-bond donors (Lipinski definition) is 1. The smallest absolute Gasteiger partial charge is 0.349 e. The molecule has 0 bridgehead atoms. The van der Waals surface area contributed by atoms with Crippen molar-refractivity contribution in [1.29, 1.82) is 0 Å². The van der Waals surface area contributed by atoms with E-state index >= 15 is 0 Å². The number of carbonyl (C=O) groups excluding carboxylic acids is 1. The lowest BCUT2D eigenvalue weighted by atomic mass is 10.1. The van der Waals surface area contributed by atoms with Crippen LogP contribution in [0.1, 0.15) is 10.4 Å². The number of methoxy groups -OCH3 is 2. The summed E-state index contributed by atoms with van der Waals surface area (Å²) in [5.41, 5.74) is -0.915. The van der Waals surface area contributed by atoms with Crippen LogP contribution in [-0.2, 0) is 0 Å². The number of nitrogens with zero attached hydrogens (tertiary/aromatic N) is 1. The first-order valence-electron chi connectivity index (χ1n) is 7.68. The Kier molecular flexibility index (Phi) is 4.75. The molecule has 0 saturated heterocycles. The van der Waals surface area contributed by atoms with Gasteiger partial charge in [0, 0.05) is 23.6 Å². The molecule has 27 heavy (non-hydrogen) atoms. The van der Waals surface area contributed by atoms with Crippen LogP contribution in [0.5, 0.6) is 11.5 Å². The largest absolute Gasteiger partial charge is 0.497 e. The van der Waals surface area contributed by atoms with Crippen LogP contribution in [0.3, 0.4) is 0 Å². The first-order chi connectivity index (χ1) is 12.9. The van der Waals surface area contributed by atoms with Gasteiger partial charge in [0.25, 0.3) is 11.6 Å². The summed E-state index contributed by atoms with van der Waals surface area (Å²) in [6.45, 7) is 0. The minimum absolute atomic E-state index is 0.140. The van der Waals surface area contributed by atoms with Crippen LogP contribution in [0.4, 0.5) is 11.4 Å². The molecule has 0 fully saturated rings. The normalized spacial score (nSPS) is 10.4. The van der Waals surface area contributed by atoms with Crippen molar-refractivity contribution in [1.82, 2.24) is 0 Å². The molecular weight excluding hydrogens is 356 g/mol. The van der Waals surface area contributed by atoms with Gasteiger partial charge in [-0.25, -0.2) is 4.79 Å². The van der Waals surface area contributed by atoms with E-state index < -0.39 is 16.5 Å². The van der Waals surface area contributed by atoms with Crippen molar-refractivity contribution < 1.29 is 23.6 Å². The minimum atomic E-state index is -0.865. The molecule has 138 valence electrons. The Morgan fingerprint density at radius 2 is 1.89 bits per heavy atom. The average molecular weight is 370 g/mol. The van der Waals surface area contributed by atoms with Crippen molar-refractivity contribution in [3.05, 3.63) is 68.6 Å². The molecule has 1 aromatic heterocycles. The van der Waals surface area contributed by atoms with E-state index in [4.69, 9.17) is 13.9 Å². The molecule has 1 heterocycles. The molecule has 2 aromatic carbocycles. The van der Waals surface area contributed by atoms with E-state index in [0.717, 1.165) is 0 Å². The number of nitro benzene ring substituents is 1. The van der Waals surface area contributed by atoms with Crippen LogP contribution in [-0.4, -0.2) is 25.1 Å². The van der Waals surface area contributed by atoms with Gasteiger partial charge in [0.1, 0.15) is 22.6 Å². The summed E-state index contributed by atoms with van der Waals surface area (Å²) in [4.78, 5) is 35.0. The van der Waals surface area contributed by atoms with Gasteiger partial charge in [0.15, 0.2) is 0 Å². The van der Waals surface area contributed by atoms with Gasteiger partial charge < -0.3 is 19.2 Å². The Morgan fingerprint density at radius 3 is 2.56 bits per heavy atom. The molecule has 1 amide bonds. The molecular formula is C18H14N2O7. The lowest BCUT2D eigenvalue weighted by Crippen LogP contribution is -2.21. The van der Waals surface area contributed by atoms with Crippen molar-refractivity contribution in [2.45, 2.75) is 0 Å². The van der Waals surface area contributed by atoms with Gasteiger partial charge in [-0.1, -0.05) is 0 Å². The van der Waals surface area contributed by atoms with Gasteiger partial charge in [-0.2, -0.15) is 0 Å². The summed E-state index contributed by atoms with van der Waals surface area (Å²) >= 11 is 0. The summed E-state index contributed by atoms with van der Waals surface area (Å²) < 4.78 is 15.4. The summed E-state index contributed by atoms with van der Waals surface area (Å²) in [7, 11) is 2.90. The zero-order chi connectivity index (χ0) is 19.6. The van der Waals surface area contributed by atoms with Gasteiger partial charge >= 0.3 is 5.63 Å². The van der Waals surface area contributed by atoms with Gasteiger partial charge in [0.05, 0.1) is 24.8 Å². The second-order valence-electron chi connectivity index (χ2n) is 5.45. The van der Waals surface area contributed by atoms with Gasteiger partial charge in [-0.15, -0.1) is 0 Å². The Labute approximate surface area is 152 Å². The molecule has 0 saturated carbocycles. The maximum absolute atomic E-state index is 12.6. The minimum Gasteiger partial charge on any atom is -0.497 e. The standard InChI is InChI=1S/C18H14N2O7/c1-25-12-4-6-16(26-2)14(9-12)19-17(21)13-8-10-7-11(20(23)24)3-5-15(10)27-18(13)22/h3-9H,1-2H3,(H,19,21). The monoisotopic (exact) mass is 370 g/mol. The van der Waals surface area contributed by atoms with E-state index in [0.29, 0.717) is 17.2 Å². The number of carbonyl (C=O) groups is 1. The van der Waals surface area contributed by atoms with E-state index in [1.165, 1.54) is 44.6 Å². The lowest BCUT2D eigenvalue weighted by molar-refractivity contribution is -0.384. The van der Waals surface area contributed by atoms with Crippen molar-refractivity contribution in [2.24, 2.45) is 0 Å². The van der Waals surface area contributed by atoms with Crippen molar-refractivity contribution in [2.75, 3.05) is 19.5 Å². The van der Waals surface area contributed by atoms with Crippen LogP contribution in [0.2, 0.25) is 0 Å². The molecule has 1 N–H and O–H groups in total. The van der Waals surface area contributed by atoms with Crippen LogP contribution in [0.15, 0.2) is 51.7 Å². The number of ether oxygens (including phenoxy) is 2. The van der Waals surface area contributed by atoms with Gasteiger partial charge in [-0.05, 0) is 24.3 Å². The summed E-state index contributed by atoms with van der Waals surface area (Å²) in [6, 6.07) is 9.77. The molecule has 0 aliphatic rings. The maximum atomic E-state index is 12.6. The maximum Gasteiger partial charge on any atom is 0.349 e. The highest BCUT2D eigenvalue weighted by atomic mass is 16.6. The molecule has 0 aliphatic carbocycles. The number of non-ortho nitro benzene ring substituents is 1. The number of fused-ring (bicyclic) bond motifs is 1. The topological polar surface area (TPSA) is 121 Å². The molecule has 0 spiro atoms. The Bertz CT molecular complexity index is 1100. The third-order valence-electron chi connectivity index (χ3n) is 3.83. The fourth-order valence-corrected chi connectivity index (χ4v) is 2.48. The Morgan fingerprint density at radius 1 is 1.11 bits per heavy atom. The molecule has 0 radical (unpaired) electrons. The van der Waals surface area contributed by atoms with Gasteiger partial charge in [0.2, 0.25) is 0 Å². The van der Waals surface area contributed by atoms with Crippen molar-refractivity contribution in [3.8, 4) is 11.5 Å². The van der Waals surface area contributed by atoms with Crippen LogP contribution in [0, 0.1) is 10.1 Å². The highest BCUT2D eigenvalue weighted by Crippen LogP contribution is 2.29. The number of anilines is 1. The van der Waals surface area contributed by atoms with Gasteiger partial charge in [-0.3, -0.25) is 14.9 Å². The van der Waals surface area contributed by atoms with Crippen LogP contribution < -0.4 is 20.4 Å². The van der Waals surface area contributed by atoms with Crippen LogP contribution in [0.25, 0.3) is 11.0 Å². The lowest BCUT2D eigenvalue weighted by Gasteiger charge is -2.11. The fraction of sp³-hybridized carbons (Fsp3) is 0.111. The summed E-state index contributed by atoms with van der Waals surface area (Å²) in [6.07, 6.45) is 0. The third kappa shape index (κ3) is 3.56. The number of rotatable bonds is 5. The molecule has 3 rings (SSSR count). The third-order valence-corrected chi connectivity index (χ3v) is 3.83. The number of nitrogens with one attached hydrogen (secondary N) is 1. The number of benzene rings is 2. The molecule has 0 unspecified atom stereocenters. The van der Waals surface area contributed by atoms with E-state index in [-0.39, 0.29) is 22.2 Å². The number of hydrogen-bond acceptors (Lipinski definition) is 7. The molecule has 9 heteroatoms. The van der Waals surface area contributed by atoms with Crippen LogP contribution >= 0.6 is 0 Å². The zero-order valence-electron chi connectivity index (χ0n) is 14.3. The molecule has 3 aromatic rings. The highest BCUT2D eigenvalue weighted by molar-refractivity contribution is 6.06. The highest BCUT2D eigenvalue weighted by Gasteiger charge is 2.17. The number of nitro groups is 1. The number of amides is 1. The van der Waals surface area contributed by atoms with E-state index in [9.17, 15) is 19.7 Å². The summed E-state index contributed by atoms with van der Waals surface area (Å²) in [5, 5.41) is 13.7. The molecule has 0 aliphatic heterocycles. The first-order valence-corrected chi connectivity index (χ1v) is 7.68. The quantitative estimate of drug-likeness (QED) is 0.416. The fourth-order valence-electron chi connectivity index (χ4n) is 2.48. The predicted molar refractivity (Wildman–Crippen MR) is 96.6 cm³/mol. The van der Waals surface area contributed by atoms with E-state index in [2.05, 4.69) is 5.32 Å². The predicted octanol–water partition coefficient (Wildman–Crippen LogP) is 2.97. The Balaban J connectivity index is 2.01. The molecule has 0 atom stereocenters. The second-order valence-corrected chi connectivity index (χ2v) is 5.45. The van der Waals surface area contributed by atoms with Crippen molar-refractivity contribution in [3.63, 3.8) is 0 Å². The van der Waals surface area contributed by atoms with E-state index in [1.54, 1.807) is 12.1 Å². The zero-order valence-corrected chi connectivity index (χ0v) is 14.3. The first kappa shape index (κ1) is 17.9. The second kappa shape index (κ2) is 7.16. The SMILES string of the molecule is COc1ccc(OC)c(NC(=O)c2cc3cc([N+](=O)[O-])ccc3oc2=O)c1. The summed E-state index contributed by atoms with van der Waals surface area (Å²) in [5.74, 6) is 0.0981. The average Bonchev–Trinajstić information content (AvgIpc) is 2.66.